The lowest BCUT2D eigenvalue weighted by Gasteiger charge is -2.54. The van der Waals surface area contributed by atoms with E-state index in [2.05, 4.69) is 35.5 Å². The van der Waals surface area contributed by atoms with Gasteiger partial charge in [0.25, 0.3) is 0 Å². The van der Waals surface area contributed by atoms with Crippen molar-refractivity contribution in [3.63, 3.8) is 0 Å². The smallest absolute Gasteiger partial charge is 0.334 e. The maximum absolute atomic E-state index is 13.6. The first-order chi connectivity index (χ1) is 20.0. The van der Waals surface area contributed by atoms with Gasteiger partial charge in [-0.3, -0.25) is 9.59 Å². The zero-order valence-corrected chi connectivity index (χ0v) is 23.2. The highest BCUT2D eigenvalue weighted by molar-refractivity contribution is 5.91. The number of carbonyl (C=O) groups is 3. The zero-order chi connectivity index (χ0) is 28.8. The summed E-state index contributed by atoms with van der Waals surface area (Å²) in [5, 5.41) is 6.11. The summed E-state index contributed by atoms with van der Waals surface area (Å²) < 4.78 is 0. The van der Waals surface area contributed by atoms with Crippen LogP contribution < -0.4 is 5.32 Å². The van der Waals surface area contributed by atoms with Gasteiger partial charge in [-0.25, -0.2) is 9.80 Å². The lowest BCUT2D eigenvalue weighted by atomic mass is 9.88. The molecule has 2 heterocycles. The molecule has 8 nitrogen and oxygen atoms in total. The van der Waals surface area contributed by atoms with Gasteiger partial charge in [0, 0.05) is 19.0 Å². The number of hydrogen-bond donors (Lipinski definition) is 1. The van der Waals surface area contributed by atoms with Crippen LogP contribution in [0, 0.1) is 12.3 Å². The number of hydrazine groups is 1. The van der Waals surface area contributed by atoms with Gasteiger partial charge in [-0.2, -0.15) is 5.01 Å². The molecule has 2 atom stereocenters. The van der Waals surface area contributed by atoms with Gasteiger partial charge in [-0.05, 0) is 30.0 Å². The van der Waals surface area contributed by atoms with Crippen molar-refractivity contribution in [1.29, 1.82) is 0 Å². The fraction of sp³-hybridized carbons (Fsp3) is 0.303. The van der Waals surface area contributed by atoms with Gasteiger partial charge in [-0.15, -0.1) is 6.42 Å². The summed E-state index contributed by atoms with van der Waals surface area (Å²) in [6, 6.07) is 29.1. The van der Waals surface area contributed by atoms with Gasteiger partial charge in [0.15, 0.2) is 0 Å². The summed E-state index contributed by atoms with van der Waals surface area (Å²) in [4.78, 5) is 43.8. The minimum absolute atomic E-state index is 0.0683. The van der Waals surface area contributed by atoms with Crippen molar-refractivity contribution in [3.05, 3.63) is 108 Å². The minimum Gasteiger partial charge on any atom is -0.337 e. The van der Waals surface area contributed by atoms with E-state index in [1.165, 1.54) is 16.1 Å². The number of hydrogen-bond acceptors (Lipinski definition) is 4. The number of carbonyl (C=O) groups excluding carboxylic acids is 3. The van der Waals surface area contributed by atoms with Crippen LogP contribution in [0.2, 0.25) is 0 Å². The van der Waals surface area contributed by atoms with Crippen LogP contribution in [0.5, 0.6) is 0 Å². The van der Waals surface area contributed by atoms with Crippen LogP contribution in [-0.4, -0.2) is 76.0 Å². The van der Waals surface area contributed by atoms with Crippen molar-refractivity contribution >= 4 is 17.8 Å². The van der Waals surface area contributed by atoms with E-state index in [1.807, 2.05) is 66.7 Å². The van der Waals surface area contributed by atoms with Crippen molar-refractivity contribution in [2.75, 3.05) is 26.2 Å². The van der Waals surface area contributed by atoms with Crippen LogP contribution in [0.4, 0.5) is 4.79 Å². The molecule has 41 heavy (non-hydrogen) atoms. The van der Waals surface area contributed by atoms with E-state index in [0.717, 1.165) is 5.56 Å². The average molecular weight is 550 g/mol. The number of nitrogens with one attached hydrogen (secondary N) is 1. The quantitative estimate of drug-likeness (QED) is 0.435. The first kappa shape index (κ1) is 27.9. The van der Waals surface area contributed by atoms with Crippen LogP contribution in [0.15, 0.2) is 91.0 Å². The molecule has 8 heteroatoms. The Labute approximate surface area is 241 Å². The van der Waals surface area contributed by atoms with Crippen LogP contribution in [0.3, 0.4) is 0 Å². The Morgan fingerprint density at radius 2 is 1.54 bits per heavy atom. The largest absolute Gasteiger partial charge is 0.337 e. The average Bonchev–Trinajstić information content (AvgIpc) is 3.00. The van der Waals surface area contributed by atoms with Crippen LogP contribution in [-0.2, 0) is 16.1 Å². The molecule has 2 fully saturated rings. The van der Waals surface area contributed by atoms with E-state index in [-0.39, 0.29) is 43.4 Å². The molecule has 3 aromatic carbocycles. The number of amides is 4. The standard InChI is InChI=1S/C33H35N5O3/c1-3-20-36-24-31(39)37-25(2)32(40)35(23-30(37)38(36)33(41)34-22-26-13-7-4-8-14-26)21-19-29(27-15-9-5-10-16-27)28-17-11-6-12-18-28/h1,4-18,25,29-30H,19-24H2,2H3,(H,34,41)/t25-,30-/m0/s1. The van der Waals surface area contributed by atoms with E-state index in [9.17, 15) is 14.4 Å². The predicted molar refractivity (Wildman–Crippen MR) is 157 cm³/mol. The number of nitrogens with zero attached hydrogens (tertiary/aromatic N) is 4. The number of rotatable bonds is 8. The topological polar surface area (TPSA) is 76.2 Å². The highest BCUT2D eigenvalue weighted by Gasteiger charge is 2.49. The van der Waals surface area contributed by atoms with E-state index >= 15 is 0 Å². The highest BCUT2D eigenvalue weighted by Crippen LogP contribution is 2.31. The maximum atomic E-state index is 13.6. The first-order valence-corrected chi connectivity index (χ1v) is 14.0. The molecule has 0 aliphatic carbocycles. The zero-order valence-electron chi connectivity index (χ0n) is 23.2. The Bertz CT molecular complexity index is 1350. The molecule has 2 saturated heterocycles. The molecule has 0 radical (unpaired) electrons. The Balaban J connectivity index is 1.38. The van der Waals surface area contributed by atoms with E-state index in [1.54, 1.807) is 21.7 Å². The summed E-state index contributed by atoms with van der Waals surface area (Å²) in [5.74, 6) is 2.33. The number of piperazine rings is 1. The summed E-state index contributed by atoms with van der Waals surface area (Å²) in [6.07, 6.45) is 5.66. The van der Waals surface area contributed by atoms with Crippen molar-refractivity contribution in [3.8, 4) is 12.3 Å². The lowest BCUT2D eigenvalue weighted by molar-refractivity contribution is -0.187. The molecular formula is C33H35N5O3. The van der Waals surface area contributed by atoms with Gasteiger partial charge in [-0.1, -0.05) is 96.9 Å². The Morgan fingerprint density at radius 1 is 0.951 bits per heavy atom. The number of terminal acetylenes is 1. The summed E-state index contributed by atoms with van der Waals surface area (Å²) in [6.45, 7) is 2.77. The Kier molecular flexibility index (Phi) is 8.66. The maximum Gasteiger partial charge on any atom is 0.334 e. The van der Waals surface area contributed by atoms with Crippen molar-refractivity contribution < 1.29 is 14.4 Å². The van der Waals surface area contributed by atoms with Crippen LogP contribution >= 0.6 is 0 Å². The predicted octanol–water partition coefficient (Wildman–Crippen LogP) is 3.67. The molecular weight excluding hydrogens is 514 g/mol. The third-order valence-electron chi connectivity index (χ3n) is 7.84. The van der Waals surface area contributed by atoms with E-state index in [0.29, 0.717) is 19.5 Å². The van der Waals surface area contributed by atoms with Crippen LogP contribution in [0.25, 0.3) is 0 Å². The third-order valence-corrected chi connectivity index (χ3v) is 7.84. The molecule has 0 bridgehead atoms. The normalized spacial score (nSPS) is 19.2. The molecule has 0 unspecified atom stereocenters. The number of benzene rings is 3. The van der Waals surface area contributed by atoms with E-state index in [4.69, 9.17) is 6.42 Å². The second-order valence-electron chi connectivity index (χ2n) is 10.4. The van der Waals surface area contributed by atoms with Crippen molar-refractivity contribution in [2.24, 2.45) is 0 Å². The molecule has 0 aromatic heterocycles. The first-order valence-electron chi connectivity index (χ1n) is 14.0. The van der Waals surface area contributed by atoms with Crippen molar-refractivity contribution in [1.82, 2.24) is 25.1 Å². The van der Waals surface area contributed by atoms with Gasteiger partial charge in [0.2, 0.25) is 11.8 Å². The molecule has 1 N–H and O–H groups in total. The van der Waals surface area contributed by atoms with Gasteiger partial charge >= 0.3 is 6.03 Å². The molecule has 5 rings (SSSR count). The third kappa shape index (κ3) is 6.11. The Morgan fingerprint density at radius 3 is 2.12 bits per heavy atom. The van der Waals surface area contributed by atoms with Gasteiger partial charge < -0.3 is 15.1 Å². The lowest BCUT2D eigenvalue weighted by Crippen LogP contribution is -2.76. The summed E-state index contributed by atoms with van der Waals surface area (Å²) >= 11 is 0. The molecule has 4 amide bonds. The second kappa shape index (κ2) is 12.7. The summed E-state index contributed by atoms with van der Waals surface area (Å²) in [7, 11) is 0. The van der Waals surface area contributed by atoms with Crippen molar-refractivity contribution in [2.45, 2.75) is 38.0 Å². The van der Waals surface area contributed by atoms with Crippen LogP contribution in [0.1, 0.15) is 36.0 Å². The van der Waals surface area contributed by atoms with E-state index < -0.39 is 12.2 Å². The number of urea groups is 1. The monoisotopic (exact) mass is 549 g/mol. The molecule has 3 aromatic rings. The molecule has 2 aliphatic heterocycles. The SMILES string of the molecule is C#CCN1CC(=O)N2[C@@H](C)C(=O)N(CCC(c3ccccc3)c3ccccc3)C[C@@H]2N1C(=O)NCc1ccccc1. The molecule has 210 valence electrons. The van der Waals surface area contributed by atoms with Gasteiger partial charge in [0.05, 0.1) is 19.6 Å². The highest BCUT2D eigenvalue weighted by atomic mass is 16.2. The fourth-order valence-electron chi connectivity index (χ4n) is 5.83. The molecule has 2 aliphatic rings. The van der Waals surface area contributed by atoms with Gasteiger partial charge in [0.1, 0.15) is 12.2 Å². The molecule has 0 spiro atoms. The fourth-order valence-corrected chi connectivity index (χ4v) is 5.83. The molecule has 0 saturated carbocycles. The second-order valence-corrected chi connectivity index (χ2v) is 10.4. The number of fused-ring (bicyclic) bond motifs is 1. The minimum atomic E-state index is -0.703. The Hall–Kier alpha value is -4.61. The summed E-state index contributed by atoms with van der Waals surface area (Å²) in [5.41, 5.74) is 3.30.